The van der Waals surface area contributed by atoms with Crippen LogP contribution in [-0.4, -0.2) is 6.61 Å². The summed E-state index contributed by atoms with van der Waals surface area (Å²) >= 11 is 0. The molecule has 0 aliphatic carbocycles. The highest BCUT2D eigenvalue weighted by Gasteiger charge is 1.94. The molecule has 0 bridgehead atoms. The topological polar surface area (TPSA) is 55.4 Å². The number of hydrogen-bond donors (Lipinski definition) is 0. The monoisotopic (exact) mass is 264 g/mol. The van der Waals surface area contributed by atoms with Crippen LogP contribution in [0.15, 0.2) is 12.8 Å². The van der Waals surface area contributed by atoms with E-state index in [1.54, 1.807) is 0 Å². The Hall–Kier alpha value is -0.660. The Morgan fingerprint density at radius 3 is 2.06 bits per heavy atom. The maximum absolute atomic E-state index is 4.65. The molecule has 6 heteroatoms. The van der Waals surface area contributed by atoms with E-state index >= 15 is 0 Å². The van der Waals surface area contributed by atoms with Gasteiger partial charge in [0.25, 0.3) is 0 Å². The minimum absolute atomic E-state index is 0.445. The van der Waals surface area contributed by atoms with Crippen LogP contribution in [0.5, 0.6) is 0 Å². The van der Waals surface area contributed by atoms with E-state index in [4.69, 9.17) is 0 Å². The third-order valence-electron chi connectivity index (χ3n) is 2.32. The second kappa shape index (κ2) is 16.3. The Morgan fingerprint density at radius 2 is 1.39 bits per heavy atom. The molecule has 0 aliphatic rings. The Balaban J connectivity index is 2.88. The van der Waals surface area contributed by atoms with Gasteiger partial charge in [-0.05, 0) is 16.5 Å². The van der Waals surface area contributed by atoms with Crippen molar-refractivity contribution in [3.05, 3.63) is 12.8 Å². The summed E-state index contributed by atoms with van der Waals surface area (Å²) in [6, 6.07) is 0. The molecule has 0 aromatic heterocycles. The van der Waals surface area contributed by atoms with Crippen molar-refractivity contribution in [2.75, 3.05) is 6.61 Å². The minimum Gasteiger partial charge on any atom is -0.315 e. The Morgan fingerprint density at radius 1 is 0.778 bits per heavy atom. The normalized spacial score (nSPS) is 10.5. The lowest BCUT2D eigenvalue weighted by Gasteiger charge is -2.02. The van der Waals surface area contributed by atoms with Gasteiger partial charge in [-0.3, -0.25) is 0 Å². The molecule has 6 nitrogen and oxygen atoms in total. The van der Waals surface area contributed by atoms with Gasteiger partial charge in [0.15, 0.2) is 0 Å². The highest BCUT2D eigenvalue weighted by atomic mass is 17.8. The van der Waals surface area contributed by atoms with Crippen LogP contribution in [0.3, 0.4) is 0 Å². The summed E-state index contributed by atoms with van der Waals surface area (Å²) in [5.41, 5.74) is 0. The SMILES string of the molecule is C=COOOOOOCCCCCCCCCC. The predicted octanol–water partition coefficient (Wildman–Crippen LogP) is 3.95. The first-order chi connectivity index (χ1) is 8.91. The molecule has 0 heterocycles. The van der Waals surface area contributed by atoms with E-state index in [9.17, 15) is 0 Å². The molecule has 0 aliphatic heterocycles. The lowest BCUT2D eigenvalue weighted by atomic mass is 10.1. The van der Waals surface area contributed by atoms with Crippen molar-refractivity contribution in [3.63, 3.8) is 0 Å². The van der Waals surface area contributed by atoms with Crippen molar-refractivity contribution in [3.8, 4) is 0 Å². The fraction of sp³-hybridized carbons (Fsp3) is 0.833. The molecule has 0 N–H and O–H groups in total. The molecule has 0 saturated heterocycles. The van der Waals surface area contributed by atoms with E-state index in [0.717, 1.165) is 19.1 Å². The molecular weight excluding hydrogens is 240 g/mol. The number of hydrogen-bond acceptors (Lipinski definition) is 6. The minimum atomic E-state index is 0.445. The molecule has 0 radical (unpaired) electrons. The van der Waals surface area contributed by atoms with Crippen LogP contribution in [-0.2, 0) is 29.9 Å². The Labute approximate surface area is 108 Å². The third kappa shape index (κ3) is 15.3. The van der Waals surface area contributed by atoms with E-state index in [1.807, 2.05) is 0 Å². The lowest BCUT2D eigenvalue weighted by molar-refractivity contribution is -0.751. The van der Waals surface area contributed by atoms with Crippen LogP contribution >= 0.6 is 0 Å². The molecule has 0 rings (SSSR count). The molecule has 0 spiro atoms. The third-order valence-corrected chi connectivity index (χ3v) is 2.32. The summed E-state index contributed by atoms with van der Waals surface area (Å²) in [5.74, 6) is 0. The molecule has 0 aromatic carbocycles. The number of unbranched alkanes of at least 4 members (excludes halogenated alkanes) is 7. The van der Waals surface area contributed by atoms with Gasteiger partial charge in [0, 0.05) is 10.1 Å². The molecule has 0 aromatic rings. The van der Waals surface area contributed by atoms with E-state index in [2.05, 4.69) is 43.4 Å². The molecule has 0 atom stereocenters. The Bertz CT molecular complexity index is 165. The average Bonchev–Trinajstić information content (AvgIpc) is 2.39. The number of rotatable bonds is 15. The summed E-state index contributed by atoms with van der Waals surface area (Å²) in [5, 5.41) is 16.0. The average molecular weight is 264 g/mol. The molecular formula is C12H24O6. The first kappa shape index (κ1) is 17.3. The van der Waals surface area contributed by atoms with Gasteiger partial charge in [0.05, 0.1) is 6.61 Å². The van der Waals surface area contributed by atoms with Crippen LogP contribution in [0.1, 0.15) is 58.3 Å². The van der Waals surface area contributed by atoms with Gasteiger partial charge in [0.1, 0.15) is 6.26 Å². The standard InChI is InChI=1S/C12H24O6/c1-3-5-6-7-8-9-10-11-12-14-16-18-17-15-13-4-2/h4H,2-3,5-12H2,1H3. The van der Waals surface area contributed by atoms with E-state index in [1.165, 1.54) is 38.5 Å². The zero-order valence-corrected chi connectivity index (χ0v) is 11.1. The molecule has 0 unspecified atom stereocenters. The first-order valence-electron chi connectivity index (χ1n) is 6.47. The highest BCUT2D eigenvalue weighted by molar-refractivity contribution is 4.45. The van der Waals surface area contributed by atoms with Gasteiger partial charge in [-0.1, -0.05) is 58.4 Å². The van der Waals surface area contributed by atoms with Crippen LogP contribution in [0.25, 0.3) is 0 Å². The highest BCUT2D eigenvalue weighted by Crippen LogP contribution is 2.08. The lowest BCUT2D eigenvalue weighted by Crippen LogP contribution is -2.00. The smallest absolute Gasteiger partial charge is 0.125 e. The second-order valence-electron chi connectivity index (χ2n) is 3.83. The fourth-order valence-electron chi connectivity index (χ4n) is 1.42. The van der Waals surface area contributed by atoms with Gasteiger partial charge >= 0.3 is 0 Å². The largest absolute Gasteiger partial charge is 0.315 e. The van der Waals surface area contributed by atoms with Gasteiger partial charge in [-0.25, -0.2) is 4.89 Å². The van der Waals surface area contributed by atoms with Crippen LogP contribution < -0.4 is 0 Å². The van der Waals surface area contributed by atoms with Gasteiger partial charge in [0.2, 0.25) is 0 Å². The summed E-state index contributed by atoms with van der Waals surface area (Å²) in [4.78, 5) is 8.76. The summed E-state index contributed by atoms with van der Waals surface area (Å²) in [6.07, 6.45) is 10.9. The molecule has 18 heavy (non-hydrogen) atoms. The van der Waals surface area contributed by atoms with E-state index in [0.29, 0.717) is 6.61 Å². The van der Waals surface area contributed by atoms with Crippen molar-refractivity contribution >= 4 is 0 Å². The Kier molecular flexibility index (Phi) is 15.7. The maximum Gasteiger partial charge on any atom is 0.125 e. The summed E-state index contributed by atoms with van der Waals surface area (Å²) in [6.45, 7) is 5.87. The second-order valence-corrected chi connectivity index (χ2v) is 3.83. The molecule has 0 fully saturated rings. The van der Waals surface area contributed by atoms with E-state index in [-0.39, 0.29) is 0 Å². The quantitative estimate of drug-likeness (QED) is 0.193. The first-order valence-corrected chi connectivity index (χ1v) is 6.47. The van der Waals surface area contributed by atoms with Crippen molar-refractivity contribution in [1.29, 1.82) is 0 Å². The van der Waals surface area contributed by atoms with Crippen molar-refractivity contribution in [1.82, 2.24) is 0 Å². The zero-order valence-electron chi connectivity index (χ0n) is 11.1. The maximum atomic E-state index is 4.65. The van der Waals surface area contributed by atoms with Gasteiger partial charge < -0.3 is 4.89 Å². The fourth-order valence-corrected chi connectivity index (χ4v) is 1.42. The zero-order chi connectivity index (χ0) is 13.3. The van der Waals surface area contributed by atoms with Crippen molar-refractivity contribution in [2.45, 2.75) is 58.3 Å². The summed E-state index contributed by atoms with van der Waals surface area (Å²) in [7, 11) is 0. The van der Waals surface area contributed by atoms with Gasteiger partial charge in [-0.15, -0.1) is 0 Å². The molecule has 0 amide bonds. The van der Waals surface area contributed by atoms with E-state index < -0.39 is 0 Å². The van der Waals surface area contributed by atoms with Crippen molar-refractivity contribution < 1.29 is 29.9 Å². The van der Waals surface area contributed by atoms with Crippen LogP contribution in [0, 0.1) is 0 Å². The van der Waals surface area contributed by atoms with Crippen LogP contribution in [0.4, 0.5) is 0 Å². The predicted molar refractivity (Wildman–Crippen MR) is 64.2 cm³/mol. The molecule has 108 valence electrons. The van der Waals surface area contributed by atoms with Crippen LogP contribution in [0.2, 0.25) is 0 Å². The summed E-state index contributed by atoms with van der Waals surface area (Å²) < 4.78 is 0. The van der Waals surface area contributed by atoms with Crippen molar-refractivity contribution in [2.24, 2.45) is 0 Å². The molecule has 0 saturated carbocycles. The van der Waals surface area contributed by atoms with Gasteiger partial charge in [-0.2, -0.15) is 0 Å².